The van der Waals surface area contributed by atoms with Gasteiger partial charge in [-0.2, -0.15) is 0 Å². The van der Waals surface area contributed by atoms with Gasteiger partial charge in [0, 0.05) is 18.7 Å². The van der Waals surface area contributed by atoms with Gasteiger partial charge in [-0.05, 0) is 41.8 Å². The van der Waals surface area contributed by atoms with Crippen LogP contribution < -0.4 is 15.8 Å². The number of carbonyl (C=O) groups excluding carboxylic acids is 1. The van der Waals surface area contributed by atoms with Crippen LogP contribution in [0.2, 0.25) is 0 Å². The summed E-state index contributed by atoms with van der Waals surface area (Å²) in [4.78, 5) is 12.1. The number of carbonyl (C=O) groups is 1. The van der Waals surface area contributed by atoms with Gasteiger partial charge in [0.15, 0.2) is 0 Å². The van der Waals surface area contributed by atoms with Gasteiger partial charge in [0.1, 0.15) is 5.75 Å². The number of hydrogen-bond acceptors (Lipinski definition) is 3. The molecule has 0 spiro atoms. The predicted octanol–water partition coefficient (Wildman–Crippen LogP) is 3.25. The molecule has 0 saturated heterocycles. The number of nitrogens with one attached hydrogen (secondary N) is 1. The summed E-state index contributed by atoms with van der Waals surface area (Å²) in [6, 6.07) is 15.2. The molecule has 23 heavy (non-hydrogen) atoms. The molecule has 0 aliphatic rings. The highest BCUT2D eigenvalue weighted by Crippen LogP contribution is 2.14. The first kappa shape index (κ1) is 17.0. The third kappa shape index (κ3) is 5.42. The summed E-state index contributed by atoms with van der Waals surface area (Å²) in [6.07, 6.45) is 2.15. The van der Waals surface area contributed by atoms with E-state index in [2.05, 4.69) is 12.2 Å². The van der Waals surface area contributed by atoms with Gasteiger partial charge in [0.05, 0.1) is 6.61 Å². The summed E-state index contributed by atoms with van der Waals surface area (Å²) >= 11 is 0. The lowest BCUT2D eigenvalue weighted by Crippen LogP contribution is -2.22. The standard InChI is InChI=1S/C19H24N2O2/c1-2-3-11-23-18-6-4-5-16(12-18)14-21-19(22)17-9-7-15(13-20)8-10-17/h4-10,12H,2-3,11,13-14,20H2,1H3,(H,21,22). The average molecular weight is 312 g/mol. The van der Waals surface area contributed by atoms with E-state index in [9.17, 15) is 4.79 Å². The van der Waals surface area contributed by atoms with Gasteiger partial charge in [0.25, 0.3) is 5.91 Å². The molecule has 0 atom stereocenters. The first-order valence-electron chi connectivity index (χ1n) is 8.02. The second kappa shape index (κ2) is 8.96. The second-order valence-electron chi connectivity index (χ2n) is 5.43. The molecule has 0 unspecified atom stereocenters. The lowest BCUT2D eigenvalue weighted by atomic mass is 10.1. The summed E-state index contributed by atoms with van der Waals surface area (Å²) in [6.45, 7) is 3.81. The zero-order valence-corrected chi connectivity index (χ0v) is 13.5. The normalized spacial score (nSPS) is 10.3. The molecular formula is C19H24N2O2. The van der Waals surface area contributed by atoms with Crippen LogP contribution in [0.25, 0.3) is 0 Å². The van der Waals surface area contributed by atoms with Gasteiger partial charge in [-0.1, -0.05) is 37.6 Å². The van der Waals surface area contributed by atoms with Gasteiger partial charge >= 0.3 is 0 Å². The number of unbranched alkanes of at least 4 members (excludes halogenated alkanes) is 1. The molecule has 0 fully saturated rings. The fraction of sp³-hybridized carbons (Fsp3) is 0.316. The average Bonchev–Trinajstić information content (AvgIpc) is 2.60. The van der Waals surface area contributed by atoms with Crippen molar-refractivity contribution in [1.29, 1.82) is 0 Å². The number of amides is 1. The number of rotatable bonds is 8. The van der Waals surface area contributed by atoms with E-state index >= 15 is 0 Å². The lowest BCUT2D eigenvalue weighted by molar-refractivity contribution is 0.0951. The summed E-state index contributed by atoms with van der Waals surface area (Å²) in [5.41, 5.74) is 8.22. The van der Waals surface area contributed by atoms with Crippen molar-refractivity contribution in [2.24, 2.45) is 5.73 Å². The molecule has 0 aromatic heterocycles. The van der Waals surface area contributed by atoms with Crippen LogP contribution in [0.1, 0.15) is 41.3 Å². The van der Waals surface area contributed by atoms with E-state index in [0.29, 0.717) is 18.7 Å². The van der Waals surface area contributed by atoms with Gasteiger partial charge in [0.2, 0.25) is 0 Å². The first-order valence-corrected chi connectivity index (χ1v) is 8.02. The molecule has 2 aromatic carbocycles. The van der Waals surface area contributed by atoms with Crippen LogP contribution in [0.15, 0.2) is 48.5 Å². The Morgan fingerprint density at radius 1 is 1.13 bits per heavy atom. The fourth-order valence-corrected chi connectivity index (χ4v) is 2.16. The molecule has 0 heterocycles. The number of hydrogen-bond donors (Lipinski definition) is 2. The Morgan fingerprint density at radius 2 is 1.91 bits per heavy atom. The zero-order valence-electron chi connectivity index (χ0n) is 13.5. The largest absolute Gasteiger partial charge is 0.494 e. The molecule has 4 nitrogen and oxygen atoms in total. The minimum absolute atomic E-state index is 0.0918. The summed E-state index contributed by atoms with van der Waals surface area (Å²) in [5.74, 6) is 0.753. The molecule has 3 N–H and O–H groups in total. The van der Waals surface area contributed by atoms with E-state index in [1.807, 2.05) is 36.4 Å². The third-order valence-corrected chi connectivity index (χ3v) is 3.57. The van der Waals surface area contributed by atoms with Crippen LogP contribution in [-0.2, 0) is 13.1 Å². The maximum atomic E-state index is 12.1. The molecule has 0 bridgehead atoms. The molecule has 0 saturated carbocycles. The fourth-order valence-electron chi connectivity index (χ4n) is 2.16. The smallest absolute Gasteiger partial charge is 0.251 e. The van der Waals surface area contributed by atoms with Crippen LogP contribution in [0, 0.1) is 0 Å². The highest BCUT2D eigenvalue weighted by Gasteiger charge is 2.05. The van der Waals surface area contributed by atoms with Crippen molar-refractivity contribution in [2.45, 2.75) is 32.9 Å². The Bertz CT molecular complexity index is 624. The Hall–Kier alpha value is -2.33. The zero-order chi connectivity index (χ0) is 16.5. The predicted molar refractivity (Wildman–Crippen MR) is 92.3 cm³/mol. The molecule has 0 radical (unpaired) electrons. The SMILES string of the molecule is CCCCOc1cccc(CNC(=O)c2ccc(CN)cc2)c1. The maximum absolute atomic E-state index is 12.1. The van der Waals surface area contributed by atoms with Gasteiger partial charge in [-0.3, -0.25) is 4.79 Å². The molecule has 122 valence electrons. The van der Waals surface area contributed by atoms with Crippen molar-refractivity contribution in [1.82, 2.24) is 5.32 Å². The van der Waals surface area contributed by atoms with E-state index in [1.54, 1.807) is 12.1 Å². The van der Waals surface area contributed by atoms with Crippen LogP contribution in [0.5, 0.6) is 5.75 Å². The molecule has 4 heteroatoms. The molecule has 2 aromatic rings. The Balaban J connectivity index is 1.89. The molecule has 0 aliphatic carbocycles. The van der Waals surface area contributed by atoms with E-state index in [4.69, 9.17) is 10.5 Å². The molecule has 0 aliphatic heterocycles. The quantitative estimate of drug-likeness (QED) is 0.735. The van der Waals surface area contributed by atoms with Gasteiger partial charge in [-0.15, -0.1) is 0 Å². The van der Waals surface area contributed by atoms with Crippen LogP contribution in [0.3, 0.4) is 0 Å². The van der Waals surface area contributed by atoms with Crippen LogP contribution >= 0.6 is 0 Å². The highest BCUT2D eigenvalue weighted by atomic mass is 16.5. The summed E-state index contributed by atoms with van der Waals surface area (Å²) in [7, 11) is 0. The Labute approximate surface area is 137 Å². The second-order valence-corrected chi connectivity index (χ2v) is 5.43. The topological polar surface area (TPSA) is 64.3 Å². The van der Waals surface area contributed by atoms with Crippen LogP contribution in [0.4, 0.5) is 0 Å². The van der Waals surface area contributed by atoms with Crippen LogP contribution in [-0.4, -0.2) is 12.5 Å². The first-order chi connectivity index (χ1) is 11.2. The van der Waals surface area contributed by atoms with Crippen molar-refractivity contribution in [3.8, 4) is 5.75 Å². The Morgan fingerprint density at radius 3 is 2.61 bits per heavy atom. The number of benzene rings is 2. The lowest BCUT2D eigenvalue weighted by Gasteiger charge is -2.09. The number of nitrogens with two attached hydrogens (primary N) is 1. The summed E-state index contributed by atoms with van der Waals surface area (Å²) < 4.78 is 5.68. The van der Waals surface area contributed by atoms with Crippen molar-refractivity contribution in [3.05, 3.63) is 65.2 Å². The number of ether oxygens (including phenoxy) is 1. The molecular weight excluding hydrogens is 288 g/mol. The van der Waals surface area contributed by atoms with E-state index in [1.165, 1.54) is 0 Å². The van der Waals surface area contributed by atoms with E-state index < -0.39 is 0 Å². The van der Waals surface area contributed by atoms with Crippen molar-refractivity contribution >= 4 is 5.91 Å². The van der Waals surface area contributed by atoms with Gasteiger partial charge < -0.3 is 15.8 Å². The maximum Gasteiger partial charge on any atom is 0.251 e. The molecule has 1 amide bonds. The summed E-state index contributed by atoms with van der Waals surface area (Å²) in [5, 5.41) is 2.92. The van der Waals surface area contributed by atoms with Crippen molar-refractivity contribution in [2.75, 3.05) is 6.61 Å². The monoisotopic (exact) mass is 312 g/mol. The van der Waals surface area contributed by atoms with Crippen molar-refractivity contribution in [3.63, 3.8) is 0 Å². The minimum Gasteiger partial charge on any atom is -0.494 e. The molecule has 2 rings (SSSR count). The highest BCUT2D eigenvalue weighted by molar-refractivity contribution is 5.94. The third-order valence-electron chi connectivity index (χ3n) is 3.57. The van der Waals surface area contributed by atoms with E-state index in [-0.39, 0.29) is 5.91 Å². The van der Waals surface area contributed by atoms with Crippen molar-refractivity contribution < 1.29 is 9.53 Å². The van der Waals surface area contributed by atoms with E-state index in [0.717, 1.165) is 36.3 Å². The van der Waals surface area contributed by atoms with Gasteiger partial charge in [-0.25, -0.2) is 0 Å². The minimum atomic E-state index is -0.0918. The Kier molecular flexibility index (Phi) is 6.63.